The second kappa shape index (κ2) is 5.57. The van der Waals surface area contributed by atoms with Gasteiger partial charge < -0.3 is 14.8 Å². The molecule has 0 radical (unpaired) electrons. The average Bonchev–Trinajstić information content (AvgIpc) is 2.96. The van der Waals surface area contributed by atoms with Crippen molar-refractivity contribution < 1.29 is 9.47 Å². The number of hydrogen-bond donors (Lipinski definition) is 1. The Morgan fingerprint density at radius 2 is 2.13 bits per heavy atom. The van der Waals surface area contributed by atoms with Crippen molar-refractivity contribution in [1.29, 1.82) is 0 Å². The molecule has 2 atom stereocenters. The molecule has 2 aliphatic heterocycles. The van der Waals surface area contributed by atoms with E-state index >= 15 is 0 Å². The minimum absolute atomic E-state index is 0.0572. The lowest BCUT2D eigenvalue weighted by atomic mass is 9.80. The molecule has 120 valence electrons. The highest BCUT2D eigenvalue weighted by Crippen LogP contribution is 2.45. The fraction of sp³-hybridized carbons (Fsp3) is 0.400. The zero-order chi connectivity index (χ0) is 15.9. The molecule has 2 heterocycles. The lowest BCUT2D eigenvalue weighted by Gasteiger charge is -2.37. The molecule has 3 nitrogen and oxygen atoms in total. The molecule has 3 heteroatoms. The van der Waals surface area contributed by atoms with E-state index in [4.69, 9.17) is 9.47 Å². The van der Waals surface area contributed by atoms with Crippen LogP contribution in [0.15, 0.2) is 42.5 Å². The lowest BCUT2D eigenvalue weighted by Crippen LogP contribution is -2.48. The molecule has 2 aromatic rings. The van der Waals surface area contributed by atoms with Crippen LogP contribution in [-0.4, -0.2) is 18.7 Å². The van der Waals surface area contributed by atoms with E-state index < -0.39 is 0 Å². The molecule has 0 bridgehead atoms. The van der Waals surface area contributed by atoms with Crippen molar-refractivity contribution in [3.63, 3.8) is 0 Å². The van der Waals surface area contributed by atoms with Crippen LogP contribution in [0.5, 0.6) is 11.5 Å². The molecule has 0 unspecified atom stereocenters. The first-order valence-electron chi connectivity index (χ1n) is 8.35. The van der Waals surface area contributed by atoms with Crippen LogP contribution in [0.25, 0.3) is 0 Å². The smallest absolute Gasteiger partial charge is 0.123 e. The van der Waals surface area contributed by atoms with Gasteiger partial charge in [-0.25, -0.2) is 0 Å². The molecule has 0 amide bonds. The third-order valence-electron chi connectivity index (χ3n) is 5.27. The SMILES string of the molecule is Cc1ccccc1COc1ccc2c(c1)[C@@H]1CCN[C@]1(C)CO2. The van der Waals surface area contributed by atoms with Gasteiger partial charge in [0, 0.05) is 11.5 Å². The third-order valence-corrected chi connectivity index (χ3v) is 5.27. The van der Waals surface area contributed by atoms with E-state index in [1.54, 1.807) is 0 Å². The fourth-order valence-corrected chi connectivity index (χ4v) is 3.78. The second-order valence-corrected chi connectivity index (χ2v) is 6.89. The molecule has 0 aliphatic carbocycles. The molecule has 23 heavy (non-hydrogen) atoms. The van der Waals surface area contributed by atoms with Gasteiger partial charge in [0.2, 0.25) is 0 Å². The first-order chi connectivity index (χ1) is 11.2. The lowest BCUT2D eigenvalue weighted by molar-refractivity contribution is 0.170. The van der Waals surface area contributed by atoms with Gasteiger partial charge in [-0.3, -0.25) is 0 Å². The molecule has 0 aromatic heterocycles. The Morgan fingerprint density at radius 1 is 1.26 bits per heavy atom. The summed E-state index contributed by atoms with van der Waals surface area (Å²) in [6.07, 6.45) is 1.16. The third kappa shape index (κ3) is 2.59. The highest BCUT2D eigenvalue weighted by Gasteiger charge is 2.44. The Bertz CT molecular complexity index is 727. The van der Waals surface area contributed by atoms with Crippen LogP contribution in [0, 0.1) is 6.92 Å². The van der Waals surface area contributed by atoms with Crippen LogP contribution in [0.4, 0.5) is 0 Å². The van der Waals surface area contributed by atoms with E-state index in [9.17, 15) is 0 Å². The van der Waals surface area contributed by atoms with Crippen molar-refractivity contribution in [2.75, 3.05) is 13.2 Å². The van der Waals surface area contributed by atoms with E-state index in [-0.39, 0.29) is 5.54 Å². The minimum atomic E-state index is 0.0572. The summed E-state index contributed by atoms with van der Waals surface area (Å²) >= 11 is 0. The Labute approximate surface area is 137 Å². The van der Waals surface area contributed by atoms with E-state index in [0.29, 0.717) is 12.5 Å². The van der Waals surface area contributed by atoms with Gasteiger partial charge in [0.25, 0.3) is 0 Å². The molecular weight excluding hydrogens is 286 g/mol. The number of fused-ring (bicyclic) bond motifs is 3. The summed E-state index contributed by atoms with van der Waals surface area (Å²) in [5, 5.41) is 3.59. The van der Waals surface area contributed by atoms with Crippen molar-refractivity contribution >= 4 is 0 Å². The van der Waals surface area contributed by atoms with E-state index in [1.165, 1.54) is 16.7 Å². The molecule has 2 aromatic carbocycles. The zero-order valence-electron chi connectivity index (χ0n) is 13.8. The highest BCUT2D eigenvalue weighted by atomic mass is 16.5. The predicted molar refractivity (Wildman–Crippen MR) is 91.2 cm³/mol. The summed E-state index contributed by atoms with van der Waals surface area (Å²) in [5.41, 5.74) is 3.84. The number of hydrogen-bond acceptors (Lipinski definition) is 3. The molecule has 1 fully saturated rings. The maximum absolute atomic E-state index is 6.04. The molecular formula is C20H23NO2. The normalized spacial score (nSPS) is 25.4. The van der Waals surface area contributed by atoms with Crippen molar-refractivity contribution in [2.45, 2.75) is 38.3 Å². The predicted octanol–water partition coefficient (Wildman–Crippen LogP) is 3.80. The summed E-state index contributed by atoms with van der Waals surface area (Å²) in [6.45, 7) is 6.78. The second-order valence-electron chi connectivity index (χ2n) is 6.89. The van der Waals surface area contributed by atoms with Gasteiger partial charge in [-0.05, 0) is 56.1 Å². The number of benzene rings is 2. The number of rotatable bonds is 3. The van der Waals surface area contributed by atoms with Crippen LogP contribution in [-0.2, 0) is 6.61 Å². The summed E-state index contributed by atoms with van der Waals surface area (Å²) in [4.78, 5) is 0. The largest absolute Gasteiger partial charge is 0.491 e. The Hall–Kier alpha value is -2.00. The van der Waals surface area contributed by atoms with Crippen molar-refractivity contribution in [1.82, 2.24) is 5.32 Å². The van der Waals surface area contributed by atoms with Gasteiger partial charge in [0.1, 0.15) is 24.7 Å². The maximum atomic E-state index is 6.04. The van der Waals surface area contributed by atoms with Gasteiger partial charge in [0.15, 0.2) is 0 Å². The van der Waals surface area contributed by atoms with Crippen LogP contribution in [0.1, 0.15) is 36.0 Å². The van der Waals surface area contributed by atoms with Crippen molar-refractivity contribution in [3.8, 4) is 11.5 Å². The highest BCUT2D eigenvalue weighted by molar-refractivity contribution is 5.46. The Morgan fingerprint density at radius 3 is 3.00 bits per heavy atom. The maximum Gasteiger partial charge on any atom is 0.123 e. The van der Waals surface area contributed by atoms with Crippen LogP contribution >= 0.6 is 0 Å². The molecule has 0 spiro atoms. The van der Waals surface area contributed by atoms with Gasteiger partial charge in [-0.2, -0.15) is 0 Å². The fourth-order valence-electron chi connectivity index (χ4n) is 3.78. The van der Waals surface area contributed by atoms with Crippen LogP contribution in [0.2, 0.25) is 0 Å². The summed E-state index contributed by atoms with van der Waals surface area (Å²) in [6, 6.07) is 14.6. The Balaban J connectivity index is 1.57. The minimum Gasteiger partial charge on any atom is -0.491 e. The zero-order valence-corrected chi connectivity index (χ0v) is 13.8. The Kier molecular flexibility index (Phi) is 3.53. The molecule has 4 rings (SSSR count). The van der Waals surface area contributed by atoms with Gasteiger partial charge in [-0.15, -0.1) is 0 Å². The van der Waals surface area contributed by atoms with Crippen molar-refractivity contribution in [3.05, 3.63) is 59.2 Å². The van der Waals surface area contributed by atoms with E-state index in [1.807, 2.05) is 6.07 Å². The molecule has 0 saturated carbocycles. The van der Waals surface area contributed by atoms with E-state index in [2.05, 4.69) is 55.6 Å². The van der Waals surface area contributed by atoms with Crippen LogP contribution < -0.4 is 14.8 Å². The summed E-state index contributed by atoms with van der Waals surface area (Å²) in [5.74, 6) is 2.44. The number of nitrogens with one attached hydrogen (secondary N) is 1. The van der Waals surface area contributed by atoms with Gasteiger partial charge in [0.05, 0.1) is 5.54 Å². The standard InChI is InChI=1S/C20H23NO2/c1-14-5-3-4-6-15(14)12-22-16-7-8-19-17(11-16)18-9-10-21-20(18,2)13-23-19/h3-8,11,18,21H,9-10,12-13H2,1-2H3/t18-,20+/m0/s1. The molecule has 1 saturated heterocycles. The quantitative estimate of drug-likeness (QED) is 0.935. The topological polar surface area (TPSA) is 30.5 Å². The number of aryl methyl sites for hydroxylation is 1. The monoisotopic (exact) mass is 309 g/mol. The average molecular weight is 309 g/mol. The van der Waals surface area contributed by atoms with Gasteiger partial charge >= 0.3 is 0 Å². The first-order valence-corrected chi connectivity index (χ1v) is 8.35. The molecule has 1 N–H and O–H groups in total. The first kappa shape index (κ1) is 14.6. The number of ether oxygens (including phenoxy) is 2. The van der Waals surface area contributed by atoms with Crippen molar-refractivity contribution in [2.24, 2.45) is 0 Å². The molecule has 2 aliphatic rings. The summed E-state index contributed by atoms with van der Waals surface area (Å²) in [7, 11) is 0. The van der Waals surface area contributed by atoms with Crippen LogP contribution in [0.3, 0.4) is 0 Å². The summed E-state index contributed by atoms with van der Waals surface area (Å²) < 4.78 is 12.0. The van der Waals surface area contributed by atoms with Gasteiger partial charge in [-0.1, -0.05) is 24.3 Å². The van der Waals surface area contributed by atoms with E-state index in [0.717, 1.165) is 31.1 Å².